The Morgan fingerprint density at radius 2 is 1.60 bits per heavy atom. The Bertz CT molecular complexity index is 1090. The number of carbonyl (C=O) groups is 2. The van der Waals surface area contributed by atoms with Gasteiger partial charge in [0.2, 0.25) is 21.8 Å². The summed E-state index contributed by atoms with van der Waals surface area (Å²) in [6.45, 7) is 5.73. The van der Waals surface area contributed by atoms with Gasteiger partial charge in [0.1, 0.15) is 6.04 Å². The van der Waals surface area contributed by atoms with E-state index in [1.54, 1.807) is 48.5 Å². The van der Waals surface area contributed by atoms with E-state index in [9.17, 15) is 18.0 Å². The van der Waals surface area contributed by atoms with Crippen molar-refractivity contribution in [2.24, 2.45) is 0 Å². The van der Waals surface area contributed by atoms with Crippen molar-refractivity contribution in [3.63, 3.8) is 0 Å². The Kier molecular flexibility index (Phi) is 10.9. The van der Waals surface area contributed by atoms with E-state index in [2.05, 4.69) is 5.32 Å². The molecule has 0 aromatic heterocycles. The maximum Gasteiger partial charge on any atom is 0.243 e. The SMILES string of the molecule is CC[C@H](C(=O)NC(C)C)N(Cc1c(Cl)cccc1Cl)C(=O)CCCN(c1ccccc1)S(C)(=O)=O. The lowest BCUT2D eigenvalue weighted by Gasteiger charge is -2.32. The number of hydrogen-bond donors (Lipinski definition) is 1. The largest absolute Gasteiger partial charge is 0.352 e. The van der Waals surface area contributed by atoms with Gasteiger partial charge in [-0.1, -0.05) is 54.4 Å². The van der Waals surface area contributed by atoms with Crippen LogP contribution in [0.25, 0.3) is 0 Å². The first-order valence-corrected chi connectivity index (χ1v) is 14.1. The van der Waals surface area contributed by atoms with E-state index in [4.69, 9.17) is 23.2 Å². The van der Waals surface area contributed by atoms with Gasteiger partial charge in [-0.2, -0.15) is 0 Å². The average Bonchev–Trinajstić information content (AvgIpc) is 2.77. The van der Waals surface area contributed by atoms with Crippen molar-refractivity contribution in [1.29, 1.82) is 0 Å². The summed E-state index contributed by atoms with van der Waals surface area (Å²) in [5.41, 5.74) is 1.09. The van der Waals surface area contributed by atoms with Gasteiger partial charge in [-0.25, -0.2) is 8.42 Å². The Morgan fingerprint density at radius 3 is 2.11 bits per heavy atom. The van der Waals surface area contributed by atoms with Crippen LogP contribution in [-0.2, 0) is 26.2 Å². The fourth-order valence-corrected chi connectivity index (χ4v) is 5.23. The van der Waals surface area contributed by atoms with Crippen molar-refractivity contribution in [3.8, 4) is 0 Å². The van der Waals surface area contributed by atoms with Crippen molar-refractivity contribution < 1.29 is 18.0 Å². The van der Waals surface area contributed by atoms with Crippen LogP contribution in [-0.4, -0.2) is 50.0 Å². The van der Waals surface area contributed by atoms with Crippen LogP contribution in [0, 0.1) is 0 Å². The molecule has 0 aliphatic heterocycles. The number of amides is 2. The van der Waals surface area contributed by atoms with E-state index in [0.717, 1.165) is 6.26 Å². The molecule has 35 heavy (non-hydrogen) atoms. The van der Waals surface area contributed by atoms with Crippen molar-refractivity contribution in [2.75, 3.05) is 17.1 Å². The van der Waals surface area contributed by atoms with Crippen molar-refractivity contribution in [2.45, 2.75) is 58.7 Å². The van der Waals surface area contributed by atoms with E-state index in [1.807, 2.05) is 20.8 Å². The van der Waals surface area contributed by atoms with Gasteiger partial charge < -0.3 is 10.2 Å². The summed E-state index contributed by atoms with van der Waals surface area (Å²) in [6, 6.07) is 13.0. The van der Waals surface area contributed by atoms with Gasteiger partial charge >= 0.3 is 0 Å². The molecule has 10 heteroatoms. The fourth-order valence-electron chi connectivity index (χ4n) is 3.75. The van der Waals surface area contributed by atoms with Gasteiger partial charge in [-0.15, -0.1) is 0 Å². The topological polar surface area (TPSA) is 86.8 Å². The molecule has 0 fully saturated rings. The zero-order valence-electron chi connectivity index (χ0n) is 20.5. The standard InChI is InChI=1S/C25H33Cl2N3O4S/c1-5-23(25(32)28-18(2)3)29(17-20-21(26)13-9-14-22(20)27)24(31)15-10-16-30(35(4,33)34)19-11-7-6-8-12-19/h6-9,11-14,18,23H,5,10,15-17H2,1-4H3,(H,28,32)/t23-/m1/s1. The molecule has 0 heterocycles. The molecular formula is C25H33Cl2N3O4S. The van der Waals surface area contributed by atoms with Crippen LogP contribution < -0.4 is 9.62 Å². The van der Waals surface area contributed by atoms with Crippen molar-refractivity contribution in [1.82, 2.24) is 10.2 Å². The number of nitrogens with zero attached hydrogens (tertiary/aromatic N) is 2. The first kappa shape index (κ1) is 28.9. The maximum absolute atomic E-state index is 13.4. The fraction of sp³-hybridized carbons (Fsp3) is 0.440. The number of rotatable bonds is 12. The van der Waals surface area contributed by atoms with E-state index in [1.165, 1.54) is 9.21 Å². The van der Waals surface area contributed by atoms with E-state index >= 15 is 0 Å². The summed E-state index contributed by atoms with van der Waals surface area (Å²) in [5, 5.41) is 3.68. The summed E-state index contributed by atoms with van der Waals surface area (Å²) < 4.78 is 26.0. The molecule has 0 radical (unpaired) electrons. The summed E-state index contributed by atoms with van der Waals surface area (Å²) >= 11 is 12.7. The Hall–Kier alpha value is -2.29. The third-order valence-corrected chi connectivity index (χ3v) is 7.31. The van der Waals surface area contributed by atoms with Crippen LogP contribution in [0.5, 0.6) is 0 Å². The summed E-state index contributed by atoms with van der Waals surface area (Å²) in [5.74, 6) is -0.547. The van der Waals surface area contributed by atoms with Gasteiger partial charge in [0.05, 0.1) is 11.9 Å². The van der Waals surface area contributed by atoms with Crippen LogP contribution in [0.3, 0.4) is 0 Å². The second kappa shape index (κ2) is 13.1. The Morgan fingerprint density at radius 1 is 1.00 bits per heavy atom. The number of nitrogens with one attached hydrogen (secondary N) is 1. The van der Waals surface area contributed by atoms with Crippen LogP contribution in [0.2, 0.25) is 10.0 Å². The molecule has 1 N–H and O–H groups in total. The first-order valence-electron chi connectivity index (χ1n) is 11.5. The van der Waals surface area contributed by atoms with Crippen LogP contribution >= 0.6 is 23.2 Å². The highest BCUT2D eigenvalue weighted by Crippen LogP contribution is 2.27. The van der Waals surface area contributed by atoms with E-state index in [-0.39, 0.29) is 43.8 Å². The number of anilines is 1. The molecule has 0 unspecified atom stereocenters. The quantitative estimate of drug-likeness (QED) is 0.415. The zero-order valence-corrected chi connectivity index (χ0v) is 22.8. The van der Waals surface area contributed by atoms with Gasteiger partial charge in [0, 0.05) is 41.2 Å². The minimum Gasteiger partial charge on any atom is -0.352 e. The van der Waals surface area contributed by atoms with Crippen molar-refractivity contribution in [3.05, 3.63) is 64.1 Å². The molecule has 7 nitrogen and oxygen atoms in total. The molecule has 2 aromatic carbocycles. The zero-order chi connectivity index (χ0) is 26.2. The molecule has 0 saturated heterocycles. The Labute approximate surface area is 218 Å². The van der Waals surface area contributed by atoms with E-state index < -0.39 is 16.1 Å². The van der Waals surface area contributed by atoms with Gasteiger partial charge in [-0.05, 0) is 51.0 Å². The minimum atomic E-state index is -3.53. The number of hydrogen-bond acceptors (Lipinski definition) is 4. The normalized spacial score (nSPS) is 12.3. The molecule has 2 amide bonds. The van der Waals surface area contributed by atoms with Gasteiger partial charge in [-0.3, -0.25) is 13.9 Å². The molecule has 0 saturated carbocycles. The predicted octanol–water partition coefficient (Wildman–Crippen LogP) is 4.87. The monoisotopic (exact) mass is 541 g/mol. The molecular weight excluding hydrogens is 509 g/mol. The predicted molar refractivity (Wildman–Crippen MR) is 142 cm³/mol. The number of sulfonamides is 1. The first-order chi connectivity index (χ1) is 16.5. The van der Waals surface area contributed by atoms with Crippen LogP contribution in [0.1, 0.15) is 45.6 Å². The number of carbonyl (C=O) groups excluding carboxylic acids is 2. The van der Waals surface area contributed by atoms with Gasteiger partial charge in [0.25, 0.3) is 0 Å². The summed E-state index contributed by atoms with van der Waals surface area (Å²) in [4.78, 5) is 27.8. The number of benzene rings is 2. The average molecular weight is 543 g/mol. The third kappa shape index (κ3) is 8.40. The second-order valence-electron chi connectivity index (χ2n) is 8.58. The van der Waals surface area contributed by atoms with Crippen LogP contribution in [0.15, 0.2) is 48.5 Å². The molecule has 0 aliphatic carbocycles. The highest BCUT2D eigenvalue weighted by molar-refractivity contribution is 7.92. The Balaban J connectivity index is 2.26. The molecule has 1 atom stereocenters. The second-order valence-corrected chi connectivity index (χ2v) is 11.3. The molecule has 0 spiro atoms. The third-order valence-electron chi connectivity index (χ3n) is 5.40. The molecule has 2 aromatic rings. The number of halogens is 2. The number of para-hydroxylation sites is 1. The summed E-state index contributed by atoms with van der Waals surface area (Å²) in [6.07, 6.45) is 1.85. The minimum absolute atomic E-state index is 0.0480. The highest BCUT2D eigenvalue weighted by Gasteiger charge is 2.30. The molecule has 2 rings (SSSR count). The smallest absolute Gasteiger partial charge is 0.243 e. The lowest BCUT2D eigenvalue weighted by atomic mass is 10.1. The molecule has 192 valence electrons. The lowest BCUT2D eigenvalue weighted by molar-refractivity contribution is -0.141. The highest BCUT2D eigenvalue weighted by atomic mass is 35.5. The maximum atomic E-state index is 13.4. The summed E-state index contributed by atoms with van der Waals surface area (Å²) in [7, 11) is -3.53. The van der Waals surface area contributed by atoms with Crippen LogP contribution in [0.4, 0.5) is 5.69 Å². The van der Waals surface area contributed by atoms with Gasteiger partial charge in [0.15, 0.2) is 0 Å². The molecule has 0 bridgehead atoms. The van der Waals surface area contributed by atoms with Crippen molar-refractivity contribution >= 4 is 50.7 Å². The van der Waals surface area contributed by atoms with E-state index in [0.29, 0.717) is 27.7 Å². The molecule has 0 aliphatic rings. The lowest BCUT2D eigenvalue weighted by Crippen LogP contribution is -2.50.